The number of aryl methyl sites for hydroxylation is 1. The number of amides is 2. The van der Waals surface area contributed by atoms with E-state index in [0.29, 0.717) is 28.8 Å². The van der Waals surface area contributed by atoms with E-state index >= 15 is 0 Å². The standard InChI is InChI=1S/C27H26ClN3O3/c1-16-4-6-17(7-5-16)26-25-20(21-14-18(28)8-10-22(21)30-25)12-13-31(26)27(32)29-19-9-11-23(33-2)24(15-19)34-3/h4-11,14-15,26,30H,12-13H2,1-3H3,(H,29,32)/t26-/m1/s1. The normalized spacial score (nSPS) is 15.2. The van der Waals surface area contributed by atoms with Crippen molar-refractivity contribution in [2.45, 2.75) is 19.4 Å². The van der Waals surface area contributed by atoms with Crippen LogP contribution in [0.15, 0.2) is 60.7 Å². The summed E-state index contributed by atoms with van der Waals surface area (Å²) < 4.78 is 10.7. The Morgan fingerprint density at radius 1 is 1.03 bits per heavy atom. The second-order valence-electron chi connectivity index (χ2n) is 8.46. The van der Waals surface area contributed by atoms with Gasteiger partial charge in [0.2, 0.25) is 0 Å². The van der Waals surface area contributed by atoms with Crippen LogP contribution >= 0.6 is 11.6 Å². The molecule has 1 aromatic heterocycles. The summed E-state index contributed by atoms with van der Waals surface area (Å²) in [6.07, 6.45) is 0.734. The molecule has 2 amide bonds. The van der Waals surface area contributed by atoms with Crippen LogP contribution in [0.5, 0.6) is 11.5 Å². The fraction of sp³-hybridized carbons (Fsp3) is 0.222. The quantitative estimate of drug-likeness (QED) is 0.362. The zero-order chi connectivity index (χ0) is 23.8. The summed E-state index contributed by atoms with van der Waals surface area (Å²) in [7, 11) is 3.16. The lowest BCUT2D eigenvalue weighted by Gasteiger charge is -2.36. The molecular weight excluding hydrogens is 450 g/mol. The summed E-state index contributed by atoms with van der Waals surface area (Å²) in [6, 6.07) is 19.1. The minimum atomic E-state index is -0.254. The van der Waals surface area contributed by atoms with E-state index < -0.39 is 0 Å². The molecule has 1 atom stereocenters. The summed E-state index contributed by atoms with van der Waals surface area (Å²) in [5.41, 5.74) is 6.11. The van der Waals surface area contributed by atoms with Gasteiger partial charge >= 0.3 is 6.03 Å². The Balaban J connectivity index is 1.54. The van der Waals surface area contributed by atoms with Crippen LogP contribution in [0.4, 0.5) is 10.5 Å². The van der Waals surface area contributed by atoms with Crippen molar-refractivity contribution in [1.82, 2.24) is 9.88 Å². The Morgan fingerprint density at radius 2 is 1.79 bits per heavy atom. The summed E-state index contributed by atoms with van der Waals surface area (Å²) in [5, 5.41) is 4.85. The smallest absolute Gasteiger partial charge is 0.322 e. The minimum absolute atomic E-state index is 0.180. The number of nitrogens with zero attached hydrogens (tertiary/aromatic N) is 1. The molecule has 0 saturated heterocycles. The number of hydrogen-bond donors (Lipinski definition) is 2. The summed E-state index contributed by atoms with van der Waals surface area (Å²) in [6.45, 7) is 2.63. The summed E-state index contributed by atoms with van der Waals surface area (Å²) in [4.78, 5) is 19.0. The number of aromatic nitrogens is 1. The minimum Gasteiger partial charge on any atom is -0.493 e. The van der Waals surface area contributed by atoms with E-state index in [1.165, 1.54) is 11.1 Å². The number of urea groups is 1. The van der Waals surface area contributed by atoms with Crippen LogP contribution < -0.4 is 14.8 Å². The first kappa shape index (κ1) is 22.2. The second-order valence-corrected chi connectivity index (χ2v) is 8.90. The van der Waals surface area contributed by atoms with E-state index in [4.69, 9.17) is 21.1 Å². The molecule has 0 radical (unpaired) electrons. The van der Waals surface area contributed by atoms with E-state index in [2.05, 4.69) is 41.5 Å². The third-order valence-electron chi connectivity index (χ3n) is 6.38. The SMILES string of the molecule is COc1ccc(NC(=O)N2CCc3c([nH]c4ccc(Cl)cc34)[C@H]2c2ccc(C)cc2)cc1OC. The number of benzene rings is 3. The molecule has 0 unspecified atom stereocenters. The molecule has 2 heterocycles. The van der Waals surface area contributed by atoms with Gasteiger partial charge in [-0.1, -0.05) is 41.4 Å². The van der Waals surface area contributed by atoms with E-state index in [0.717, 1.165) is 28.6 Å². The van der Waals surface area contributed by atoms with Gasteiger partial charge in [0.15, 0.2) is 11.5 Å². The molecule has 1 aliphatic rings. The monoisotopic (exact) mass is 475 g/mol. The molecule has 4 aromatic rings. The van der Waals surface area contributed by atoms with E-state index in [1.807, 2.05) is 23.1 Å². The summed E-state index contributed by atoms with van der Waals surface area (Å²) in [5.74, 6) is 1.17. The van der Waals surface area contributed by atoms with Crippen LogP contribution in [0.2, 0.25) is 5.02 Å². The number of carbonyl (C=O) groups is 1. The van der Waals surface area contributed by atoms with Crippen LogP contribution in [0, 0.1) is 6.92 Å². The number of ether oxygens (including phenoxy) is 2. The van der Waals surface area contributed by atoms with Gasteiger partial charge in [-0.3, -0.25) is 0 Å². The number of nitrogens with one attached hydrogen (secondary N) is 2. The Morgan fingerprint density at radius 3 is 2.53 bits per heavy atom. The Labute approximate surface area is 203 Å². The van der Waals surface area contributed by atoms with Crippen molar-refractivity contribution in [3.63, 3.8) is 0 Å². The van der Waals surface area contributed by atoms with Gasteiger partial charge in [-0.25, -0.2) is 4.79 Å². The predicted molar refractivity (Wildman–Crippen MR) is 135 cm³/mol. The van der Waals surface area contributed by atoms with Gasteiger partial charge in [0.25, 0.3) is 0 Å². The number of H-pyrrole nitrogens is 1. The van der Waals surface area contributed by atoms with Gasteiger partial charge < -0.3 is 24.7 Å². The Bertz CT molecular complexity index is 1360. The van der Waals surface area contributed by atoms with Crippen LogP contribution in [0.1, 0.15) is 28.4 Å². The molecule has 0 saturated carbocycles. The van der Waals surface area contributed by atoms with Crippen LogP contribution in [-0.4, -0.2) is 36.7 Å². The molecule has 0 bridgehead atoms. The van der Waals surface area contributed by atoms with Crippen molar-refractivity contribution in [3.8, 4) is 11.5 Å². The average Bonchev–Trinajstić information content (AvgIpc) is 3.21. The largest absolute Gasteiger partial charge is 0.493 e. The van der Waals surface area contributed by atoms with Crippen molar-refractivity contribution in [3.05, 3.63) is 88.1 Å². The molecule has 5 rings (SSSR count). The highest BCUT2D eigenvalue weighted by molar-refractivity contribution is 6.31. The molecule has 1 aliphatic heterocycles. The lowest BCUT2D eigenvalue weighted by Crippen LogP contribution is -2.43. The van der Waals surface area contributed by atoms with E-state index in [-0.39, 0.29) is 12.1 Å². The third kappa shape index (κ3) is 3.94. The molecule has 0 fully saturated rings. The molecule has 3 aromatic carbocycles. The highest BCUT2D eigenvalue weighted by Gasteiger charge is 2.34. The Kier molecular flexibility index (Phi) is 5.84. The molecular formula is C27H26ClN3O3. The Hall–Kier alpha value is -3.64. The predicted octanol–water partition coefficient (Wildman–Crippen LogP) is 6.33. The number of halogens is 1. The van der Waals surface area contributed by atoms with E-state index in [9.17, 15) is 4.79 Å². The molecule has 34 heavy (non-hydrogen) atoms. The first-order valence-electron chi connectivity index (χ1n) is 11.1. The molecule has 0 aliphatic carbocycles. The van der Waals surface area contributed by atoms with Gasteiger partial charge in [-0.15, -0.1) is 0 Å². The van der Waals surface area contributed by atoms with Gasteiger partial charge in [0, 0.05) is 39.9 Å². The third-order valence-corrected chi connectivity index (χ3v) is 6.61. The number of methoxy groups -OCH3 is 2. The lowest BCUT2D eigenvalue weighted by atomic mass is 9.92. The van der Waals surface area contributed by atoms with E-state index in [1.54, 1.807) is 32.4 Å². The molecule has 6 nitrogen and oxygen atoms in total. The number of aromatic amines is 1. The van der Waals surface area contributed by atoms with Crippen LogP contribution in [0.3, 0.4) is 0 Å². The maximum absolute atomic E-state index is 13.6. The lowest BCUT2D eigenvalue weighted by molar-refractivity contribution is 0.193. The number of fused-ring (bicyclic) bond motifs is 3. The van der Waals surface area contributed by atoms with Gasteiger partial charge in [-0.2, -0.15) is 0 Å². The van der Waals surface area contributed by atoms with Crippen molar-refractivity contribution in [2.24, 2.45) is 0 Å². The van der Waals surface area contributed by atoms with Gasteiger partial charge in [0.1, 0.15) is 0 Å². The summed E-state index contributed by atoms with van der Waals surface area (Å²) >= 11 is 6.30. The van der Waals surface area contributed by atoms with Gasteiger partial charge in [-0.05, 0) is 54.8 Å². The maximum Gasteiger partial charge on any atom is 0.322 e. The highest BCUT2D eigenvalue weighted by atomic mass is 35.5. The fourth-order valence-corrected chi connectivity index (χ4v) is 4.86. The average molecular weight is 476 g/mol. The van der Waals surface area contributed by atoms with Crippen molar-refractivity contribution >= 4 is 34.2 Å². The molecule has 174 valence electrons. The fourth-order valence-electron chi connectivity index (χ4n) is 4.68. The number of anilines is 1. The zero-order valence-corrected chi connectivity index (χ0v) is 20.1. The molecule has 7 heteroatoms. The van der Waals surface area contributed by atoms with Crippen molar-refractivity contribution in [1.29, 1.82) is 0 Å². The molecule has 0 spiro atoms. The highest BCUT2D eigenvalue weighted by Crippen LogP contribution is 2.39. The van der Waals surface area contributed by atoms with Crippen molar-refractivity contribution in [2.75, 3.05) is 26.1 Å². The molecule has 2 N–H and O–H groups in total. The van der Waals surface area contributed by atoms with Gasteiger partial charge in [0.05, 0.1) is 20.3 Å². The number of rotatable bonds is 4. The maximum atomic E-state index is 13.6. The zero-order valence-electron chi connectivity index (χ0n) is 19.3. The first-order valence-corrected chi connectivity index (χ1v) is 11.5. The number of hydrogen-bond acceptors (Lipinski definition) is 3. The van der Waals surface area contributed by atoms with Crippen LogP contribution in [-0.2, 0) is 6.42 Å². The first-order chi connectivity index (χ1) is 16.5. The second kappa shape index (κ2) is 8.95. The van der Waals surface area contributed by atoms with Crippen LogP contribution in [0.25, 0.3) is 10.9 Å². The topological polar surface area (TPSA) is 66.6 Å². The van der Waals surface area contributed by atoms with Crippen molar-refractivity contribution < 1.29 is 14.3 Å². The number of carbonyl (C=O) groups excluding carboxylic acids is 1.